The van der Waals surface area contributed by atoms with E-state index in [0.29, 0.717) is 0 Å². The van der Waals surface area contributed by atoms with Crippen molar-refractivity contribution in [1.82, 2.24) is 0 Å². The fraction of sp³-hybridized carbons (Fsp3) is 0. The summed E-state index contributed by atoms with van der Waals surface area (Å²) in [6.45, 7) is 0. The van der Waals surface area contributed by atoms with E-state index in [1.165, 1.54) is 35.0 Å². The van der Waals surface area contributed by atoms with Crippen LogP contribution in [0, 0.1) is 0 Å². The van der Waals surface area contributed by atoms with Crippen molar-refractivity contribution in [1.29, 1.82) is 0 Å². The van der Waals surface area contributed by atoms with E-state index in [1.807, 2.05) is 36.4 Å². The first-order chi connectivity index (χ1) is 15.8. The van der Waals surface area contributed by atoms with Gasteiger partial charge in [-0.1, -0.05) is 60.7 Å². The summed E-state index contributed by atoms with van der Waals surface area (Å²) in [6, 6.07) is 23.9. The lowest BCUT2D eigenvalue weighted by Crippen LogP contribution is -2.12. The second-order valence-corrected chi connectivity index (χ2v) is 11.0. The topological polar surface area (TPSA) is 86.7 Å². The Morgan fingerprint density at radius 1 is 0.515 bits per heavy atom. The second-order valence-electron chi connectivity index (χ2n) is 7.19. The minimum atomic E-state index is -4.21. The quantitative estimate of drug-likeness (QED) is 0.285. The Morgan fingerprint density at radius 3 is 1.33 bits per heavy atom. The van der Waals surface area contributed by atoms with Crippen LogP contribution in [0.25, 0.3) is 21.5 Å². The molecule has 166 valence electrons. The molecular formula is C24H16O6S3. The van der Waals surface area contributed by atoms with E-state index in [9.17, 15) is 16.8 Å². The van der Waals surface area contributed by atoms with Crippen molar-refractivity contribution in [2.45, 2.75) is 9.79 Å². The highest BCUT2D eigenvalue weighted by molar-refractivity contribution is 7.87. The number of rotatable bonds is 6. The highest BCUT2D eigenvalue weighted by Gasteiger charge is 2.24. The van der Waals surface area contributed by atoms with Gasteiger partial charge in [-0.05, 0) is 45.8 Å². The third-order valence-corrected chi connectivity index (χ3v) is 8.17. The predicted molar refractivity (Wildman–Crippen MR) is 128 cm³/mol. The molecule has 0 spiro atoms. The Balaban J connectivity index is 1.43. The molecule has 33 heavy (non-hydrogen) atoms. The van der Waals surface area contributed by atoms with E-state index in [-0.39, 0.29) is 21.3 Å². The Hall–Kier alpha value is -3.40. The van der Waals surface area contributed by atoms with Crippen LogP contribution in [0.15, 0.2) is 105 Å². The molecule has 5 aromatic rings. The molecule has 4 aromatic carbocycles. The first-order valence-electron chi connectivity index (χ1n) is 9.75. The van der Waals surface area contributed by atoms with Gasteiger partial charge in [-0.3, -0.25) is 0 Å². The van der Waals surface area contributed by atoms with Crippen molar-refractivity contribution in [3.63, 3.8) is 0 Å². The van der Waals surface area contributed by atoms with Crippen LogP contribution in [0.4, 0.5) is 0 Å². The van der Waals surface area contributed by atoms with Crippen LogP contribution in [-0.2, 0) is 20.2 Å². The van der Waals surface area contributed by atoms with Crippen molar-refractivity contribution in [2.75, 3.05) is 0 Å². The molecule has 0 unspecified atom stereocenters. The smallest absolute Gasteiger partial charge is 0.339 e. The van der Waals surface area contributed by atoms with Crippen molar-refractivity contribution >= 4 is 53.1 Å². The molecule has 0 aliphatic carbocycles. The van der Waals surface area contributed by atoms with Crippen LogP contribution in [0.5, 0.6) is 11.5 Å². The lowest BCUT2D eigenvalue weighted by atomic mass is 10.1. The zero-order chi connectivity index (χ0) is 23.1. The highest BCUT2D eigenvalue weighted by atomic mass is 32.2. The van der Waals surface area contributed by atoms with Crippen LogP contribution >= 0.6 is 11.3 Å². The third-order valence-electron chi connectivity index (χ3n) is 5.01. The van der Waals surface area contributed by atoms with Gasteiger partial charge in [0, 0.05) is 10.8 Å². The van der Waals surface area contributed by atoms with Crippen LogP contribution < -0.4 is 8.37 Å². The van der Waals surface area contributed by atoms with Gasteiger partial charge in [-0.2, -0.15) is 16.8 Å². The first kappa shape index (κ1) is 21.4. The van der Waals surface area contributed by atoms with Crippen molar-refractivity contribution < 1.29 is 25.2 Å². The van der Waals surface area contributed by atoms with Crippen molar-refractivity contribution in [3.05, 3.63) is 95.7 Å². The van der Waals surface area contributed by atoms with Gasteiger partial charge in [0.05, 0.1) is 0 Å². The maximum Gasteiger partial charge on any atom is 0.339 e. The summed E-state index contributed by atoms with van der Waals surface area (Å²) in [5, 5.41) is 6.01. The minimum absolute atomic E-state index is 0.0456. The van der Waals surface area contributed by atoms with E-state index >= 15 is 0 Å². The van der Waals surface area contributed by atoms with Gasteiger partial charge < -0.3 is 8.37 Å². The fourth-order valence-corrected chi connectivity index (χ4v) is 6.08. The Morgan fingerprint density at radius 2 is 0.909 bits per heavy atom. The van der Waals surface area contributed by atoms with E-state index in [0.717, 1.165) is 32.9 Å². The maximum absolute atomic E-state index is 12.9. The number of hydrogen-bond donors (Lipinski definition) is 0. The number of benzene rings is 4. The lowest BCUT2D eigenvalue weighted by molar-refractivity contribution is 0.452. The molecule has 0 saturated carbocycles. The average molecular weight is 497 g/mol. The summed E-state index contributed by atoms with van der Waals surface area (Å²) in [6.07, 6.45) is 0. The molecule has 0 aliphatic rings. The monoisotopic (exact) mass is 496 g/mol. The van der Waals surface area contributed by atoms with Crippen LogP contribution in [0.1, 0.15) is 0 Å². The number of hydrogen-bond acceptors (Lipinski definition) is 7. The normalized spacial score (nSPS) is 12.1. The van der Waals surface area contributed by atoms with Crippen molar-refractivity contribution in [3.8, 4) is 11.5 Å². The summed E-state index contributed by atoms with van der Waals surface area (Å²) in [5.74, 6) is -0.393. The molecule has 9 heteroatoms. The van der Waals surface area contributed by atoms with Gasteiger partial charge in [0.1, 0.15) is 9.79 Å². The van der Waals surface area contributed by atoms with Crippen LogP contribution in [0.2, 0.25) is 0 Å². The Kier molecular flexibility index (Phi) is 5.32. The van der Waals surface area contributed by atoms with Gasteiger partial charge in [0.15, 0.2) is 11.5 Å². The molecule has 0 fully saturated rings. The standard InChI is InChI=1S/C24H16O6S3/c25-32(26,21-11-9-17-5-1-3-7-19(17)13-21)29-23-15-31-16-24(23)30-33(27,28)22-12-10-18-6-2-4-8-20(18)14-22/h1-16H. The molecule has 0 N–H and O–H groups in total. The molecule has 0 radical (unpaired) electrons. The zero-order valence-electron chi connectivity index (χ0n) is 16.9. The fourth-order valence-electron chi connectivity index (χ4n) is 3.37. The summed E-state index contributed by atoms with van der Waals surface area (Å²) in [5.41, 5.74) is 0. The van der Waals surface area contributed by atoms with E-state index in [2.05, 4.69) is 0 Å². The highest BCUT2D eigenvalue weighted by Crippen LogP contribution is 2.36. The second kappa shape index (κ2) is 8.18. The number of fused-ring (bicyclic) bond motifs is 2. The summed E-state index contributed by atoms with van der Waals surface area (Å²) >= 11 is 1.06. The molecule has 0 atom stereocenters. The maximum atomic E-state index is 12.9. The Labute approximate surface area is 194 Å². The molecule has 1 aromatic heterocycles. The summed E-state index contributed by atoms with van der Waals surface area (Å²) < 4.78 is 61.9. The minimum Gasteiger partial charge on any atom is -0.374 e. The molecule has 6 nitrogen and oxygen atoms in total. The average Bonchev–Trinajstić information content (AvgIpc) is 3.23. The van der Waals surface area contributed by atoms with E-state index in [1.54, 1.807) is 24.3 Å². The molecule has 1 heterocycles. The molecular weight excluding hydrogens is 480 g/mol. The van der Waals surface area contributed by atoms with Crippen LogP contribution in [-0.4, -0.2) is 16.8 Å². The molecule has 0 bridgehead atoms. The van der Waals surface area contributed by atoms with Crippen molar-refractivity contribution in [2.24, 2.45) is 0 Å². The zero-order valence-corrected chi connectivity index (χ0v) is 19.4. The molecule has 0 saturated heterocycles. The lowest BCUT2D eigenvalue weighted by Gasteiger charge is -2.10. The SMILES string of the molecule is O=S(=O)(Oc1cscc1OS(=O)(=O)c1ccc2ccccc2c1)c1ccc2ccccc2c1. The predicted octanol–water partition coefficient (Wildman–Crippen LogP) is 5.59. The largest absolute Gasteiger partial charge is 0.374 e. The first-order valence-corrected chi connectivity index (χ1v) is 13.5. The molecule has 0 amide bonds. The van der Waals surface area contributed by atoms with Crippen LogP contribution in [0.3, 0.4) is 0 Å². The van der Waals surface area contributed by atoms with E-state index in [4.69, 9.17) is 8.37 Å². The Bertz CT molecular complexity index is 1580. The van der Waals surface area contributed by atoms with Gasteiger partial charge in [0.2, 0.25) is 0 Å². The van der Waals surface area contributed by atoms with Gasteiger partial charge in [-0.25, -0.2) is 0 Å². The number of thiophene rings is 1. The molecule has 0 aliphatic heterocycles. The molecule has 5 rings (SSSR count). The summed E-state index contributed by atoms with van der Waals surface area (Å²) in [7, 11) is -8.43. The van der Waals surface area contributed by atoms with E-state index < -0.39 is 20.2 Å². The third kappa shape index (κ3) is 4.30. The van der Waals surface area contributed by atoms with Gasteiger partial charge in [-0.15, -0.1) is 11.3 Å². The van der Waals surface area contributed by atoms with Gasteiger partial charge in [0.25, 0.3) is 0 Å². The van der Waals surface area contributed by atoms with Gasteiger partial charge >= 0.3 is 20.2 Å². The summed E-state index contributed by atoms with van der Waals surface area (Å²) in [4.78, 5) is -0.0912.